The van der Waals surface area contributed by atoms with Crippen LogP contribution >= 0.6 is 0 Å². The smallest absolute Gasteiger partial charge is 0.410 e. The first kappa shape index (κ1) is 26.3. The molecule has 2 amide bonds. The Kier molecular flexibility index (Phi) is 8.73. The number of hydrogen-bond donors (Lipinski definition) is 3. The number of aromatic amines is 1. The van der Waals surface area contributed by atoms with Crippen molar-refractivity contribution in [1.82, 2.24) is 24.4 Å². The van der Waals surface area contributed by atoms with E-state index in [0.717, 1.165) is 10.5 Å². The number of carbonyl (C=O) groups excluding carboxylic acids is 2. The number of carboxylic acids is 1. The number of hydrogen-bond acceptors (Lipinski definition) is 8. The number of fused-ring (bicyclic) bond motifs is 1. The Hall–Kier alpha value is -4.26. The molecule has 3 aromatic rings. The van der Waals surface area contributed by atoms with Gasteiger partial charge in [0.15, 0.2) is 11.2 Å². The molecule has 1 aromatic carbocycles. The molecule has 3 N–H and O–H groups in total. The number of H-pyrrole nitrogens is 1. The number of ether oxygens (including phenoxy) is 2. The van der Waals surface area contributed by atoms with E-state index < -0.39 is 29.6 Å². The summed E-state index contributed by atoms with van der Waals surface area (Å²) < 4.78 is 12.5. The summed E-state index contributed by atoms with van der Waals surface area (Å²) >= 11 is 0. The van der Waals surface area contributed by atoms with Crippen molar-refractivity contribution in [1.29, 1.82) is 0 Å². The third-order valence-electron chi connectivity index (χ3n) is 5.14. The Labute approximate surface area is 206 Å². The van der Waals surface area contributed by atoms with Gasteiger partial charge >= 0.3 is 12.1 Å². The summed E-state index contributed by atoms with van der Waals surface area (Å²) in [6.07, 6.45) is 0.578. The predicted octanol–water partition coefficient (Wildman–Crippen LogP) is 1.80. The molecule has 13 nitrogen and oxygen atoms in total. The van der Waals surface area contributed by atoms with E-state index in [4.69, 9.17) is 9.47 Å². The summed E-state index contributed by atoms with van der Waals surface area (Å²) in [4.78, 5) is 59.9. The number of nitrogens with one attached hydrogen (secondary N) is 2. The highest BCUT2D eigenvalue weighted by Gasteiger charge is 2.33. The van der Waals surface area contributed by atoms with E-state index in [1.54, 1.807) is 26.0 Å². The summed E-state index contributed by atoms with van der Waals surface area (Å²) in [6.45, 7) is 4.51. The van der Waals surface area contributed by atoms with Crippen LogP contribution in [0.25, 0.3) is 11.2 Å². The molecule has 0 aliphatic rings. The van der Waals surface area contributed by atoms with Gasteiger partial charge in [0.25, 0.3) is 5.56 Å². The van der Waals surface area contributed by atoms with Crippen LogP contribution in [0.5, 0.6) is 0 Å². The fourth-order valence-electron chi connectivity index (χ4n) is 3.52. The first-order valence-electron chi connectivity index (χ1n) is 11.2. The minimum absolute atomic E-state index is 0.000657. The number of benzene rings is 1. The summed E-state index contributed by atoms with van der Waals surface area (Å²) in [5.41, 5.74) is 0.486. The number of rotatable bonds is 11. The number of nitrogens with zero attached hydrogens (tertiary/aromatic N) is 4. The minimum Gasteiger partial charge on any atom is -0.480 e. The Morgan fingerprint density at radius 3 is 2.58 bits per heavy atom. The molecule has 36 heavy (non-hydrogen) atoms. The van der Waals surface area contributed by atoms with Crippen LogP contribution in [0.3, 0.4) is 0 Å². The van der Waals surface area contributed by atoms with Crippen LogP contribution in [0.2, 0.25) is 0 Å². The van der Waals surface area contributed by atoms with Crippen LogP contribution in [-0.2, 0) is 32.4 Å². The summed E-state index contributed by atoms with van der Waals surface area (Å²) in [5.74, 6) is -1.98. The van der Waals surface area contributed by atoms with E-state index in [2.05, 4.69) is 20.3 Å². The highest BCUT2D eigenvalue weighted by molar-refractivity contribution is 5.87. The average Bonchev–Trinajstić information content (AvgIpc) is 3.22. The van der Waals surface area contributed by atoms with Crippen molar-refractivity contribution in [2.75, 3.05) is 18.5 Å². The molecule has 2 heterocycles. The van der Waals surface area contributed by atoms with Gasteiger partial charge in [0.2, 0.25) is 11.9 Å². The maximum Gasteiger partial charge on any atom is 0.410 e. The van der Waals surface area contributed by atoms with Gasteiger partial charge in [-0.2, -0.15) is 4.98 Å². The van der Waals surface area contributed by atoms with Crippen molar-refractivity contribution < 1.29 is 29.0 Å². The van der Waals surface area contributed by atoms with Gasteiger partial charge in [-0.25, -0.2) is 14.6 Å². The van der Waals surface area contributed by atoms with E-state index in [1.165, 1.54) is 17.8 Å². The predicted molar refractivity (Wildman–Crippen MR) is 128 cm³/mol. The summed E-state index contributed by atoms with van der Waals surface area (Å²) in [7, 11) is 0. The van der Waals surface area contributed by atoms with Crippen molar-refractivity contribution in [2.24, 2.45) is 5.92 Å². The molecule has 2 aromatic heterocycles. The lowest BCUT2D eigenvalue weighted by atomic mass is 10.0. The lowest BCUT2D eigenvalue weighted by Crippen LogP contribution is -2.49. The third kappa shape index (κ3) is 6.66. The lowest BCUT2D eigenvalue weighted by molar-refractivity contribution is -0.144. The SMILES string of the molecule is CC(=O)Nc1nc2c(ncn2COCCN(C(=O)OCc2ccccc2)[C@H](C(=O)O)C(C)C)c(=O)[nH]1. The van der Waals surface area contributed by atoms with Crippen molar-refractivity contribution in [2.45, 2.75) is 40.2 Å². The quantitative estimate of drug-likeness (QED) is 0.332. The van der Waals surface area contributed by atoms with Crippen LogP contribution in [0.15, 0.2) is 41.5 Å². The Morgan fingerprint density at radius 2 is 1.94 bits per heavy atom. The number of anilines is 1. The number of aliphatic carboxylic acids is 1. The summed E-state index contributed by atoms with van der Waals surface area (Å²) in [5, 5.41) is 12.1. The molecule has 0 fully saturated rings. The maximum atomic E-state index is 12.8. The van der Waals surface area contributed by atoms with E-state index in [9.17, 15) is 24.3 Å². The molecule has 0 bridgehead atoms. The molecule has 3 rings (SSSR count). The van der Waals surface area contributed by atoms with Gasteiger partial charge in [0, 0.05) is 13.5 Å². The zero-order chi connectivity index (χ0) is 26.2. The minimum atomic E-state index is -1.16. The molecule has 192 valence electrons. The standard InChI is InChI=1S/C23H28N6O7/c1-14(2)18(21(32)33)29(23(34)36-11-16-7-5-4-6-8-16)9-10-35-13-28-12-24-17-19(28)26-22(25-15(3)30)27-20(17)31/h4-8,12,14,18H,9-11,13H2,1-3H3,(H,32,33)(H2,25,26,27,30,31)/t18-/m0/s1. The van der Waals surface area contributed by atoms with Gasteiger partial charge in [0.1, 0.15) is 19.4 Å². The van der Waals surface area contributed by atoms with Gasteiger partial charge < -0.3 is 14.6 Å². The van der Waals surface area contributed by atoms with E-state index >= 15 is 0 Å². The second kappa shape index (κ2) is 11.9. The number of amides is 2. The average molecular weight is 501 g/mol. The van der Waals surface area contributed by atoms with Gasteiger partial charge in [-0.15, -0.1) is 0 Å². The normalized spacial score (nSPS) is 11.9. The van der Waals surface area contributed by atoms with Gasteiger partial charge in [-0.3, -0.25) is 29.4 Å². The zero-order valence-electron chi connectivity index (χ0n) is 20.1. The van der Waals surface area contributed by atoms with E-state index in [0.29, 0.717) is 0 Å². The van der Waals surface area contributed by atoms with Crippen LogP contribution in [0, 0.1) is 5.92 Å². The van der Waals surface area contributed by atoms with Crippen LogP contribution in [0.1, 0.15) is 26.3 Å². The van der Waals surface area contributed by atoms with Crippen molar-refractivity contribution in [3.63, 3.8) is 0 Å². The molecule has 1 atom stereocenters. The molecular weight excluding hydrogens is 472 g/mol. The Bertz CT molecular complexity index is 1270. The van der Waals surface area contributed by atoms with Gasteiger partial charge in [-0.1, -0.05) is 44.2 Å². The number of aromatic nitrogens is 4. The van der Waals surface area contributed by atoms with Crippen molar-refractivity contribution in [3.05, 3.63) is 52.6 Å². The second-order valence-electron chi connectivity index (χ2n) is 8.28. The van der Waals surface area contributed by atoms with E-state index in [-0.39, 0.29) is 49.5 Å². The highest BCUT2D eigenvalue weighted by Crippen LogP contribution is 2.15. The molecule has 13 heteroatoms. The first-order valence-corrected chi connectivity index (χ1v) is 11.2. The molecule has 0 radical (unpaired) electrons. The van der Waals surface area contributed by atoms with Crippen LogP contribution in [-0.4, -0.2) is 66.7 Å². The van der Waals surface area contributed by atoms with Crippen LogP contribution in [0.4, 0.5) is 10.7 Å². The highest BCUT2D eigenvalue weighted by atomic mass is 16.6. The van der Waals surface area contributed by atoms with Gasteiger partial charge in [0.05, 0.1) is 12.9 Å². The topological polar surface area (TPSA) is 169 Å². The molecule has 0 saturated carbocycles. The maximum absolute atomic E-state index is 12.8. The Morgan fingerprint density at radius 1 is 1.22 bits per heavy atom. The molecule has 0 saturated heterocycles. The second-order valence-corrected chi connectivity index (χ2v) is 8.28. The monoisotopic (exact) mass is 500 g/mol. The molecule has 0 spiro atoms. The number of imidazole rings is 1. The largest absolute Gasteiger partial charge is 0.480 e. The van der Waals surface area contributed by atoms with Crippen LogP contribution < -0.4 is 10.9 Å². The van der Waals surface area contributed by atoms with Crippen molar-refractivity contribution in [3.8, 4) is 0 Å². The fraction of sp³-hybridized carbons (Fsp3) is 0.391. The van der Waals surface area contributed by atoms with Gasteiger partial charge in [-0.05, 0) is 11.5 Å². The number of carboxylic acid groups (broad SMARTS) is 1. The molecular formula is C23H28N6O7. The molecule has 0 unspecified atom stereocenters. The van der Waals surface area contributed by atoms with Crippen molar-refractivity contribution >= 4 is 35.1 Å². The number of carbonyl (C=O) groups is 3. The van der Waals surface area contributed by atoms with E-state index in [1.807, 2.05) is 18.2 Å². The third-order valence-corrected chi connectivity index (χ3v) is 5.14. The summed E-state index contributed by atoms with van der Waals surface area (Å²) in [6, 6.07) is 7.93. The zero-order valence-corrected chi connectivity index (χ0v) is 20.1. The Balaban J connectivity index is 1.67. The lowest BCUT2D eigenvalue weighted by Gasteiger charge is -2.30. The first-order chi connectivity index (χ1) is 17.2. The molecule has 0 aliphatic carbocycles. The fourth-order valence-corrected chi connectivity index (χ4v) is 3.52. The molecule has 0 aliphatic heterocycles.